The van der Waals surface area contributed by atoms with E-state index in [9.17, 15) is 0 Å². The van der Waals surface area contributed by atoms with Crippen molar-refractivity contribution in [3.05, 3.63) is 63.6 Å². The summed E-state index contributed by atoms with van der Waals surface area (Å²) in [6.45, 7) is 3.98. The van der Waals surface area contributed by atoms with Gasteiger partial charge in [-0.1, -0.05) is 47.5 Å². The molecule has 4 heteroatoms. The van der Waals surface area contributed by atoms with Gasteiger partial charge in [-0.3, -0.25) is 0 Å². The Labute approximate surface area is 129 Å². The molecule has 0 aliphatic rings. The molecule has 0 heterocycles. The molecule has 2 aromatic carbocycles. The number of hydrogen-bond donors (Lipinski definition) is 1. The standard InChI is InChI=1S/C16H17Cl2NO/c1-10(2)20-15-6-4-3-5-12(15)16(19)11-7-8-13(17)14(18)9-11/h3-10,16H,19H2,1-2H3. The van der Waals surface area contributed by atoms with Crippen LogP contribution in [0.4, 0.5) is 0 Å². The fraction of sp³-hybridized carbons (Fsp3) is 0.250. The van der Waals surface area contributed by atoms with Gasteiger partial charge in [0, 0.05) is 5.56 Å². The predicted octanol–water partition coefficient (Wildman–Crippen LogP) is 4.83. The summed E-state index contributed by atoms with van der Waals surface area (Å²) in [5.74, 6) is 0.793. The third kappa shape index (κ3) is 3.45. The summed E-state index contributed by atoms with van der Waals surface area (Å²) >= 11 is 12.0. The van der Waals surface area contributed by atoms with Gasteiger partial charge in [-0.2, -0.15) is 0 Å². The Morgan fingerprint density at radius 3 is 2.35 bits per heavy atom. The zero-order chi connectivity index (χ0) is 14.7. The highest BCUT2D eigenvalue weighted by atomic mass is 35.5. The van der Waals surface area contributed by atoms with Gasteiger partial charge in [0.1, 0.15) is 5.75 Å². The number of nitrogens with two attached hydrogens (primary N) is 1. The highest BCUT2D eigenvalue weighted by molar-refractivity contribution is 6.42. The minimum atomic E-state index is -0.306. The van der Waals surface area contributed by atoms with Crippen LogP contribution in [0.15, 0.2) is 42.5 Å². The van der Waals surface area contributed by atoms with Crippen LogP contribution in [0.2, 0.25) is 10.0 Å². The van der Waals surface area contributed by atoms with Crippen LogP contribution in [0.5, 0.6) is 5.75 Å². The average molecular weight is 310 g/mol. The summed E-state index contributed by atoms with van der Waals surface area (Å²) in [7, 11) is 0. The molecule has 1 atom stereocenters. The van der Waals surface area contributed by atoms with Crippen molar-refractivity contribution in [2.24, 2.45) is 5.73 Å². The molecule has 0 amide bonds. The first-order valence-corrected chi connectivity index (χ1v) is 7.20. The molecule has 0 fully saturated rings. The van der Waals surface area contributed by atoms with E-state index in [1.165, 1.54) is 0 Å². The van der Waals surface area contributed by atoms with Crippen LogP contribution in [-0.4, -0.2) is 6.10 Å². The van der Waals surface area contributed by atoms with Gasteiger partial charge in [-0.25, -0.2) is 0 Å². The fourth-order valence-electron chi connectivity index (χ4n) is 1.98. The molecule has 2 aromatic rings. The van der Waals surface area contributed by atoms with E-state index in [1.807, 2.05) is 44.2 Å². The molecule has 2 N–H and O–H groups in total. The van der Waals surface area contributed by atoms with Crippen molar-refractivity contribution in [3.63, 3.8) is 0 Å². The van der Waals surface area contributed by atoms with Crippen LogP contribution in [0.25, 0.3) is 0 Å². The van der Waals surface area contributed by atoms with Crippen molar-refractivity contribution in [2.75, 3.05) is 0 Å². The Morgan fingerprint density at radius 1 is 1.00 bits per heavy atom. The van der Waals surface area contributed by atoms with Crippen molar-refractivity contribution in [2.45, 2.75) is 26.0 Å². The minimum absolute atomic E-state index is 0.0946. The first kappa shape index (κ1) is 15.2. The highest BCUT2D eigenvalue weighted by Crippen LogP contribution is 2.32. The molecule has 0 radical (unpaired) electrons. The Kier molecular flexibility index (Phi) is 4.92. The van der Waals surface area contributed by atoms with E-state index >= 15 is 0 Å². The molecular formula is C16H17Cl2NO. The summed E-state index contributed by atoms with van der Waals surface area (Å²) < 4.78 is 5.80. The van der Waals surface area contributed by atoms with E-state index in [2.05, 4.69) is 0 Å². The Morgan fingerprint density at radius 2 is 1.70 bits per heavy atom. The number of benzene rings is 2. The molecule has 106 valence electrons. The average Bonchev–Trinajstić information content (AvgIpc) is 2.41. The van der Waals surface area contributed by atoms with E-state index in [1.54, 1.807) is 12.1 Å². The summed E-state index contributed by atoms with van der Waals surface area (Å²) in [6.07, 6.45) is 0.0946. The molecule has 1 unspecified atom stereocenters. The highest BCUT2D eigenvalue weighted by Gasteiger charge is 2.15. The van der Waals surface area contributed by atoms with E-state index < -0.39 is 0 Å². The second-order valence-electron chi connectivity index (χ2n) is 4.86. The normalized spacial score (nSPS) is 12.5. The van der Waals surface area contributed by atoms with E-state index in [4.69, 9.17) is 33.7 Å². The van der Waals surface area contributed by atoms with Crippen molar-refractivity contribution in [1.29, 1.82) is 0 Å². The Bertz CT molecular complexity index is 599. The summed E-state index contributed by atoms with van der Waals surface area (Å²) in [6, 6.07) is 12.9. The molecule has 2 rings (SSSR count). The van der Waals surface area contributed by atoms with Gasteiger partial charge >= 0.3 is 0 Å². The maximum absolute atomic E-state index is 6.33. The quantitative estimate of drug-likeness (QED) is 0.878. The molecule has 0 aromatic heterocycles. The molecule has 20 heavy (non-hydrogen) atoms. The van der Waals surface area contributed by atoms with E-state index in [0.717, 1.165) is 16.9 Å². The lowest BCUT2D eigenvalue weighted by molar-refractivity contribution is 0.239. The van der Waals surface area contributed by atoms with Gasteiger partial charge in [0.15, 0.2) is 0 Å². The lowest BCUT2D eigenvalue weighted by Gasteiger charge is -2.19. The van der Waals surface area contributed by atoms with Crippen LogP contribution in [0, 0.1) is 0 Å². The second-order valence-corrected chi connectivity index (χ2v) is 5.67. The maximum Gasteiger partial charge on any atom is 0.124 e. The monoisotopic (exact) mass is 309 g/mol. The zero-order valence-electron chi connectivity index (χ0n) is 11.4. The van der Waals surface area contributed by atoms with E-state index in [0.29, 0.717) is 10.0 Å². The number of para-hydroxylation sites is 1. The molecule has 2 nitrogen and oxygen atoms in total. The Balaban J connectivity index is 2.37. The molecule has 0 saturated carbocycles. The third-order valence-electron chi connectivity index (χ3n) is 2.92. The molecular weight excluding hydrogens is 293 g/mol. The lowest BCUT2D eigenvalue weighted by atomic mass is 9.99. The minimum Gasteiger partial charge on any atom is -0.491 e. The maximum atomic E-state index is 6.33. The molecule has 0 aliphatic heterocycles. The van der Waals surface area contributed by atoms with Crippen LogP contribution >= 0.6 is 23.2 Å². The van der Waals surface area contributed by atoms with Gasteiger partial charge in [0.25, 0.3) is 0 Å². The molecule has 0 bridgehead atoms. The van der Waals surface area contributed by atoms with Crippen LogP contribution in [0.1, 0.15) is 31.0 Å². The number of hydrogen-bond acceptors (Lipinski definition) is 2. The van der Waals surface area contributed by atoms with Crippen molar-refractivity contribution >= 4 is 23.2 Å². The first-order valence-electron chi connectivity index (χ1n) is 6.45. The Hall–Kier alpha value is -1.22. The first-order chi connectivity index (χ1) is 9.49. The van der Waals surface area contributed by atoms with Gasteiger partial charge < -0.3 is 10.5 Å². The van der Waals surface area contributed by atoms with Crippen LogP contribution in [-0.2, 0) is 0 Å². The van der Waals surface area contributed by atoms with Crippen LogP contribution < -0.4 is 10.5 Å². The van der Waals surface area contributed by atoms with E-state index in [-0.39, 0.29) is 12.1 Å². The fourth-order valence-corrected chi connectivity index (χ4v) is 2.29. The summed E-state index contributed by atoms with van der Waals surface area (Å²) in [5, 5.41) is 1.02. The SMILES string of the molecule is CC(C)Oc1ccccc1C(N)c1ccc(Cl)c(Cl)c1. The number of ether oxygens (including phenoxy) is 1. The van der Waals surface area contributed by atoms with Crippen LogP contribution in [0.3, 0.4) is 0 Å². The molecule has 0 spiro atoms. The molecule has 0 aliphatic carbocycles. The van der Waals surface area contributed by atoms with Crippen molar-refractivity contribution in [1.82, 2.24) is 0 Å². The zero-order valence-corrected chi connectivity index (χ0v) is 12.9. The molecule has 0 saturated heterocycles. The largest absolute Gasteiger partial charge is 0.491 e. The second kappa shape index (κ2) is 6.49. The topological polar surface area (TPSA) is 35.2 Å². The summed E-state index contributed by atoms with van der Waals surface area (Å²) in [4.78, 5) is 0. The lowest BCUT2D eigenvalue weighted by Crippen LogP contribution is -2.15. The van der Waals surface area contributed by atoms with Gasteiger partial charge in [-0.05, 0) is 37.6 Å². The number of rotatable bonds is 4. The summed E-state index contributed by atoms with van der Waals surface area (Å²) in [5.41, 5.74) is 8.16. The third-order valence-corrected chi connectivity index (χ3v) is 3.66. The van der Waals surface area contributed by atoms with Gasteiger partial charge in [0.2, 0.25) is 0 Å². The van der Waals surface area contributed by atoms with Crippen molar-refractivity contribution in [3.8, 4) is 5.75 Å². The smallest absolute Gasteiger partial charge is 0.124 e. The van der Waals surface area contributed by atoms with Gasteiger partial charge in [-0.15, -0.1) is 0 Å². The van der Waals surface area contributed by atoms with Gasteiger partial charge in [0.05, 0.1) is 22.2 Å². The van der Waals surface area contributed by atoms with Crippen molar-refractivity contribution < 1.29 is 4.74 Å². The number of halogens is 2. The predicted molar refractivity (Wildman–Crippen MR) is 84.7 cm³/mol.